The quantitative estimate of drug-likeness (QED) is 0.262. The fraction of sp³-hybridized carbons (Fsp3) is 0.400. The molecule has 0 atom stereocenters. The van der Waals surface area contributed by atoms with E-state index in [-0.39, 0.29) is 18.0 Å². The molecule has 7 nitrogen and oxygen atoms in total. The van der Waals surface area contributed by atoms with Gasteiger partial charge < -0.3 is 19.1 Å². The van der Waals surface area contributed by atoms with Crippen LogP contribution >= 0.6 is 0 Å². The van der Waals surface area contributed by atoms with Crippen molar-refractivity contribution >= 4 is 15.7 Å². The van der Waals surface area contributed by atoms with Crippen molar-refractivity contribution in [3.8, 4) is 17.2 Å². The van der Waals surface area contributed by atoms with Gasteiger partial charge in [0.25, 0.3) is 0 Å². The van der Waals surface area contributed by atoms with Crippen LogP contribution in [0.2, 0.25) is 0 Å². The Morgan fingerprint density at radius 1 is 0.737 bits per heavy atom. The molecule has 3 aromatic rings. The van der Waals surface area contributed by atoms with E-state index in [4.69, 9.17) is 14.2 Å². The zero-order chi connectivity index (χ0) is 27.9. The lowest BCUT2D eigenvalue weighted by Crippen LogP contribution is -2.30. The van der Waals surface area contributed by atoms with Crippen LogP contribution in [0.15, 0.2) is 65.6 Å². The Bertz CT molecular complexity index is 1260. The van der Waals surface area contributed by atoms with Crippen LogP contribution in [0.25, 0.3) is 0 Å². The number of hydrogen-bond acceptors (Lipinski definition) is 6. The van der Waals surface area contributed by atoms with Crippen molar-refractivity contribution < 1.29 is 22.6 Å². The van der Waals surface area contributed by atoms with Gasteiger partial charge in [-0.3, -0.25) is 0 Å². The third-order valence-electron chi connectivity index (χ3n) is 6.69. The van der Waals surface area contributed by atoms with Crippen LogP contribution in [-0.2, 0) is 23.1 Å². The molecule has 0 unspecified atom stereocenters. The van der Waals surface area contributed by atoms with Crippen molar-refractivity contribution in [2.75, 3.05) is 39.3 Å². The predicted octanol–water partition coefficient (Wildman–Crippen LogP) is 6.07. The van der Waals surface area contributed by atoms with Gasteiger partial charge in [-0.1, -0.05) is 38.1 Å². The van der Waals surface area contributed by atoms with Crippen molar-refractivity contribution in [2.45, 2.75) is 51.6 Å². The van der Waals surface area contributed by atoms with Crippen molar-refractivity contribution in [3.63, 3.8) is 0 Å². The summed E-state index contributed by atoms with van der Waals surface area (Å²) in [5.74, 6) is 1.73. The van der Waals surface area contributed by atoms with Crippen molar-refractivity contribution in [3.05, 3.63) is 77.4 Å². The number of sulfonamides is 1. The van der Waals surface area contributed by atoms with E-state index >= 15 is 0 Å². The fourth-order valence-corrected chi connectivity index (χ4v) is 5.85. The Morgan fingerprint density at radius 3 is 1.71 bits per heavy atom. The van der Waals surface area contributed by atoms with Gasteiger partial charge in [0.1, 0.15) is 0 Å². The number of rotatable bonds is 13. The predicted molar refractivity (Wildman–Crippen MR) is 153 cm³/mol. The molecule has 206 valence electrons. The smallest absolute Gasteiger partial charge is 0.243 e. The van der Waals surface area contributed by atoms with Gasteiger partial charge in [-0.2, -0.15) is 4.31 Å². The first-order valence-electron chi connectivity index (χ1n) is 12.9. The highest BCUT2D eigenvalue weighted by molar-refractivity contribution is 7.89. The van der Waals surface area contributed by atoms with Crippen LogP contribution in [-0.4, -0.2) is 47.1 Å². The summed E-state index contributed by atoms with van der Waals surface area (Å²) in [4.78, 5) is 2.51. The van der Waals surface area contributed by atoms with Gasteiger partial charge in [-0.05, 0) is 72.9 Å². The Labute approximate surface area is 228 Å². The Morgan fingerprint density at radius 2 is 1.26 bits per heavy atom. The highest BCUT2D eigenvalue weighted by Gasteiger charge is 2.26. The van der Waals surface area contributed by atoms with Crippen molar-refractivity contribution in [1.82, 2.24) is 4.31 Å². The first-order valence-corrected chi connectivity index (χ1v) is 14.3. The third kappa shape index (κ3) is 6.60. The summed E-state index contributed by atoms with van der Waals surface area (Å²) in [6, 6.07) is 18.8. The first kappa shape index (κ1) is 29.3. The summed E-state index contributed by atoms with van der Waals surface area (Å²) in [6.45, 7) is 10.6. The lowest BCUT2D eigenvalue weighted by molar-refractivity contribution is 0.322. The normalized spacial score (nSPS) is 11.6. The molecule has 0 radical (unpaired) electrons. The molecule has 0 amide bonds. The average molecular weight is 541 g/mol. The molecule has 0 N–H and O–H groups in total. The van der Waals surface area contributed by atoms with Crippen molar-refractivity contribution in [2.24, 2.45) is 0 Å². The molecule has 0 spiro atoms. The molecule has 38 heavy (non-hydrogen) atoms. The second-order valence-electron chi connectivity index (χ2n) is 9.37. The second-order valence-corrected chi connectivity index (χ2v) is 11.3. The topological polar surface area (TPSA) is 68.3 Å². The van der Waals surface area contributed by atoms with Crippen LogP contribution < -0.4 is 19.1 Å². The van der Waals surface area contributed by atoms with Gasteiger partial charge in [0.15, 0.2) is 11.5 Å². The number of benzene rings is 3. The molecular weight excluding hydrogens is 500 g/mol. The van der Waals surface area contributed by atoms with Crippen molar-refractivity contribution in [1.29, 1.82) is 0 Å². The number of anilines is 1. The van der Waals surface area contributed by atoms with Crippen LogP contribution in [0.1, 0.15) is 50.3 Å². The molecule has 0 heterocycles. The number of ether oxygens (including phenoxy) is 3. The molecule has 3 aromatic carbocycles. The Kier molecular flexibility index (Phi) is 10.1. The Hall–Kier alpha value is -3.23. The highest BCUT2D eigenvalue weighted by atomic mass is 32.2. The van der Waals surface area contributed by atoms with Gasteiger partial charge in [-0.25, -0.2) is 8.42 Å². The van der Waals surface area contributed by atoms with Crippen LogP contribution in [0.3, 0.4) is 0 Å². The largest absolute Gasteiger partial charge is 0.493 e. The minimum atomic E-state index is -3.82. The minimum absolute atomic E-state index is 0.128. The summed E-state index contributed by atoms with van der Waals surface area (Å²) in [5.41, 5.74) is 3.83. The lowest BCUT2D eigenvalue weighted by Gasteiger charge is -2.25. The van der Waals surface area contributed by atoms with E-state index in [9.17, 15) is 8.42 Å². The molecule has 0 fully saturated rings. The van der Waals surface area contributed by atoms with Gasteiger partial charge in [0.2, 0.25) is 15.8 Å². The van der Waals surface area contributed by atoms with Gasteiger partial charge >= 0.3 is 0 Å². The van der Waals surface area contributed by atoms with E-state index in [1.807, 2.05) is 36.4 Å². The molecule has 0 bridgehead atoms. The first-order chi connectivity index (χ1) is 18.2. The second kappa shape index (κ2) is 13.0. The SMILES string of the molecule is CCN(CC)c1ccc(CN(Cc2cc(OC)c(OC)c(OC)c2)S(=O)(=O)c2ccc(C(C)C)cc2)cc1. The van der Waals surface area contributed by atoms with Gasteiger partial charge in [0, 0.05) is 31.9 Å². The van der Waals surface area contributed by atoms with E-state index in [1.165, 1.54) is 4.31 Å². The molecule has 0 aliphatic carbocycles. The van der Waals surface area contributed by atoms with E-state index in [1.54, 1.807) is 45.6 Å². The van der Waals surface area contributed by atoms with Crippen LogP contribution in [0, 0.1) is 0 Å². The molecule has 0 saturated carbocycles. The Balaban J connectivity index is 2.03. The monoisotopic (exact) mass is 540 g/mol. The van der Waals surface area contributed by atoms with E-state index < -0.39 is 10.0 Å². The summed E-state index contributed by atoms with van der Waals surface area (Å²) in [7, 11) is 0.811. The molecule has 0 aliphatic heterocycles. The van der Waals surface area contributed by atoms with E-state index in [0.717, 1.165) is 35.5 Å². The minimum Gasteiger partial charge on any atom is -0.493 e. The zero-order valence-corrected chi connectivity index (χ0v) is 24.3. The fourth-order valence-electron chi connectivity index (χ4n) is 4.43. The number of nitrogens with zero attached hydrogens (tertiary/aromatic N) is 2. The zero-order valence-electron chi connectivity index (χ0n) is 23.5. The number of hydrogen-bond donors (Lipinski definition) is 0. The summed E-state index contributed by atoms with van der Waals surface area (Å²) >= 11 is 0. The van der Waals surface area contributed by atoms with Crippen LogP contribution in [0.4, 0.5) is 5.69 Å². The molecular formula is C30H40N2O5S. The lowest BCUT2D eigenvalue weighted by atomic mass is 10.0. The van der Waals surface area contributed by atoms with E-state index in [2.05, 4.69) is 32.6 Å². The van der Waals surface area contributed by atoms with Crippen LogP contribution in [0.5, 0.6) is 17.2 Å². The van der Waals surface area contributed by atoms with Gasteiger partial charge in [-0.15, -0.1) is 0 Å². The highest BCUT2D eigenvalue weighted by Crippen LogP contribution is 2.39. The van der Waals surface area contributed by atoms with E-state index in [0.29, 0.717) is 23.2 Å². The third-order valence-corrected chi connectivity index (χ3v) is 8.50. The molecule has 3 rings (SSSR count). The molecule has 0 saturated heterocycles. The summed E-state index contributed by atoms with van der Waals surface area (Å²) in [6.07, 6.45) is 0. The number of methoxy groups -OCH3 is 3. The molecule has 0 aromatic heterocycles. The summed E-state index contributed by atoms with van der Waals surface area (Å²) < 4.78 is 45.8. The molecule has 8 heteroatoms. The molecule has 0 aliphatic rings. The maximum Gasteiger partial charge on any atom is 0.243 e. The van der Waals surface area contributed by atoms with Gasteiger partial charge in [0.05, 0.1) is 26.2 Å². The summed E-state index contributed by atoms with van der Waals surface area (Å²) in [5, 5.41) is 0. The maximum absolute atomic E-state index is 14.0. The maximum atomic E-state index is 14.0. The average Bonchev–Trinajstić information content (AvgIpc) is 2.93. The standard InChI is InChI=1S/C30H40N2O5S/c1-8-31(9-2)26-14-10-23(11-15-26)20-32(38(33,34)27-16-12-25(13-17-27)22(3)4)21-24-18-28(35-5)30(37-7)29(19-24)36-6/h10-19,22H,8-9,20-21H2,1-7H3.